The number of allylic oxidation sites excluding steroid dienone is 2. The minimum atomic E-state index is -2.81. The number of hydrogen-bond acceptors (Lipinski definition) is 7. The molecule has 6 unspecified atom stereocenters. The number of anilines is 2. The number of carbonyl (C=O) groups excluding carboxylic acids is 5. The highest BCUT2D eigenvalue weighted by Gasteiger charge is 2.77. The second kappa shape index (κ2) is 13.0. The number of ether oxygens (including phenoxy) is 1. The van der Waals surface area contributed by atoms with Gasteiger partial charge in [0, 0.05) is 28.7 Å². The average Bonchev–Trinajstić information content (AvgIpc) is 3.54. The van der Waals surface area contributed by atoms with Crippen molar-refractivity contribution >= 4 is 64.0 Å². The lowest BCUT2D eigenvalue weighted by molar-refractivity contribution is -0.125. The van der Waals surface area contributed by atoms with Gasteiger partial charge in [0.15, 0.2) is 38.8 Å². The summed E-state index contributed by atoms with van der Waals surface area (Å²) in [5, 5.41) is 11.3. The zero-order chi connectivity index (χ0) is 40.2. The summed E-state index contributed by atoms with van der Waals surface area (Å²) in [5.74, 6) is -23.0. The molecule has 2 aliphatic heterocycles. The fourth-order valence-corrected chi connectivity index (χ4v) is 9.51. The van der Waals surface area contributed by atoms with Gasteiger partial charge >= 0.3 is 0 Å². The molecule has 1 saturated carbocycles. The van der Waals surface area contributed by atoms with Crippen molar-refractivity contribution in [2.45, 2.75) is 28.5 Å². The third kappa shape index (κ3) is 4.94. The summed E-state index contributed by atoms with van der Waals surface area (Å²) in [6, 6.07) is 17.9. The molecular formula is C40H25Cl2F5N2O7. The number of methoxy groups -OCH3 is 1. The monoisotopic (exact) mass is 810 g/mol. The van der Waals surface area contributed by atoms with Crippen LogP contribution in [0.5, 0.6) is 11.5 Å². The van der Waals surface area contributed by atoms with E-state index in [2.05, 4.69) is 0 Å². The molecule has 56 heavy (non-hydrogen) atoms. The number of phenols is 1. The van der Waals surface area contributed by atoms with E-state index in [-0.39, 0.29) is 45.2 Å². The van der Waals surface area contributed by atoms with Gasteiger partial charge in [0.2, 0.25) is 17.6 Å². The Morgan fingerprint density at radius 1 is 0.768 bits per heavy atom. The van der Waals surface area contributed by atoms with Gasteiger partial charge in [-0.1, -0.05) is 48.0 Å². The molecule has 0 bridgehead atoms. The maximum atomic E-state index is 15.3. The highest BCUT2D eigenvalue weighted by atomic mass is 35.5. The second-order valence-corrected chi connectivity index (χ2v) is 15.1. The van der Waals surface area contributed by atoms with E-state index in [1.54, 1.807) is 30.3 Å². The normalized spacial score (nSPS) is 26.9. The van der Waals surface area contributed by atoms with Crippen molar-refractivity contribution in [1.29, 1.82) is 0 Å². The number of benzene rings is 4. The molecule has 1 N–H and O–H groups in total. The minimum absolute atomic E-state index is 0.110. The zero-order valence-corrected chi connectivity index (χ0v) is 30.2. The highest BCUT2D eigenvalue weighted by Crippen LogP contribution is 2.67. The van der Waals surface area contributed by atoms with Crippen molar-refractivity contribution in [1.82, 2.24) is 0 Å². The highest BCUT2D eigenvalue weighted by molar-refractivity contribution is 6.58. The molecule has 16 heteroatoms. The number of carbonyl (C=O) groups is 5. The molecule has 0 aromatic heterocycles. The van der Waals surface area contributed by atoms with E-state index >= 15 is 8.78 Å². The fourth-order valence-electron chi connectivity index (χ4n) is 8.58. The maximum Gasteiger partial charge on any atom is 0.258 e. The summed E-state index contributed by atoms with van der Waals surface area (Å²) in [6.07, 6.45) is 0.684. The van der Waals surface area contributed by atoms with Crippen LogP contribution in [0.4, 0.5) is 33.3 Å². The van der Waals surface area contributed by atoms with Crippen molar-refractivity contribution in [3.8, 4) is 11.5 Å². The molecule has 4 aromatic rings. The molecule has 2 saturated heterocycles. The fraction of sp³-hybridized carbons (Fsp3) is 0.225. The predicted molar refractivity (Wildman–Crippen MR) is 190 cm³/mol. The molecule has 6 atom stereocenters. The molecule has 9 nitrogen and oxygen atoms in total. The largest absolute Gasteiger partial charge is 0.508 e. The number of phenolic OH excluding ortho intramolecular Hbond substituents is 1. The Balaban J connectivity index is 1.24. The molecule has 2 aliphatic carbocycles. The Morgan fingerprint density at radius 2 is 1.38 bits per heavy atom. The lowest BCUT2D eigenvalue weighted by atomic mass is 9.56. The van der Waals surface area contributed by atoms with Gasteiger partial charge in [-0.3, -0.25) is 28.9 Å². The number of alkyl halides is 2. The third-order valence-corrected chi connectivity index (χ3v) is 12.6. The van der Waals surface area contributed by atoms with E-state index < -0.39 is 104 Å². The van der Waals surface area contributed by atoms with Crippen LogP contribution in [0, 0.1) is 46.8 Å². The number of ketones is 1. The van der Waals surface area contributed by atoms with Crippen molar-refractivity contribution < 1.29 is 55.8 Å². The number of imide groups is 2. The van der Waals surface area contributed by atoms with Crippen LogP contribution < -0.4 is 14.5 Å². The Bertz CT molecular complexity index is 2440. The lowest BCUT2D eigenvalue weighted by Crippen LogP contribution is -2.60. The molecule has 3 fully saturated rings. The number of nitrogens with zero attached hydrogens (tertiary/aromatic N) is 2. The Labute approximate surface area is 323 Å². The Hall–Kier alpha value is -5.60. The van der Waals surface area contributed by atoms with Crippen molar-refractivity contribution in [3.63, 3.8) is 0 Å². The van der Waals surface area contributed by atoms with E-state index in [0.29, 0.717) is 5.56 Å². The first kappa shape index (κ1) is 37.3. The molecular weight excluding hydrogens is 786 g/mol. The topological polar surface area (TPSA) is 121 Å². The van der Waals surface area contributed by atoms with E-state index in [0.717, 1.165) is 11.0 Å². The summed E-state index contributed by atoms with van der Waals surface area (Å²) < 4.78 is 78.9. The first-order valence-electron chi connectivity index (χ1n) is 17.0. The standard InChI is InChI=1S/C40H25Cl2F5N2O7/c1-56-20-11-12-22(25(50)15-20)27-21-13-14-23-26(36(53)48(35(23)52)19-9-7-18(8-10-19)34(51)17-5-3-2-4-6-17)24(21)16-39(41)37(54)49(38(55)40(27,39)42)33-31(46)29(44)28(43)30(45)32(33)47/h2-13,15,23-24,26-27,50H,14,16H2,1H3. The lowest BCUT2D eigenvalue weighted by Gasteiger charge is -2.50. The van der Waals surface area contributed by atoms with E-state index in [9.17, 15) is 42.3 Å². The van der Waals surface area contributed by atoms with Crippen LogP contribution in [0.3, 0.4) is 0 Å². The Morgan fingerprint density at radius 3 is 1.98 bits per heavy atom. The van der Waals surface area contributed by atoms with Crippen LogP contribution in [0.1, 0.15) is 40.2 Å². The van der Waals surface area contributed by atoms with Crippen LogP contribution in [0.2, 0.25) is 0 Å². The number of aromatic hydroxyl groups is 1. The summed E-state index contributed by atoms with van der Waals surface area (Å²) >= 11 is 14.3. The van der Waals surface area contributed by atoms with Crippen LogP contribution >= 0.6 is 23.2 Å². The number of fused-ring (bicyclic) bond motifs is 4. The predicted octanol–water partition coefficient (Wildman–Crippen LogP) is 7.10. The van der Waals surface area contributed by atoms with Gasteiger partial charge < -0.3 is 9.84 Å². The van der Waals surface area contributed by atoms with E-state index in [4.69, 9.17) is 27.9 Å². The van der Waals surface area contributed by atoms with Crippen molar-refractivity contribution in [3.05, 3.63) is 130 Å². The van der Waals surface area contributed by atoms with Gasteiger partial charge in [0.25, 0.3) is 11.8 Å². The average molecular weight is 812 g/mol. The van der Waals surface area contributed by atoms with Gasteiger partial charge in [0.1, 0.15) is 17.2 Å². The SMILES string of the molecule is COc1ccc(C2C3=CCC4C(=O)N(c5ccc(C(=O)c6ccccc6)cc5)C(=O)C4C3CC3(Cl)C(=O)N(c4c(F)c(F)c(F)c(F)c4F)C(=O)C23Cl)c(O)c1. The van der Waals surface area contributed by atoms with E-state index in [1.807, 2.05) is 0 Å². The molecule has 0 radical (unpaired) electrons. The summed E-state index contributed by atoms with van der Waals surface area (Å²) in [7, 11) is 1.30. The first-order chi connectivity index (χ1) is 26.6. The van der Waals surface area contributed by atoms with Crippen LogP contribution in [0.15, 0.2) is 84.4 Å². The van der Waals surface area contributed by atoms with Gasteiger partial charge in [-0.2, -0.15) is 0 Å². The molecule has 2 heterocycles. The summed E-state index contributed by atoms with van der Waals surface area (Å²) in [4.78, 5) is 65.4. The second-order valence-electron chi connectivity index (χ2n) is 13.9. The number of halogens is 7. The molecule has 4 amide bonds. The van der Waals surface area contributed by atoms with E-state index in [1.165, 1.54) is 49.6 Å². The minimum Gasteiger partial charge on any atom is -0.508 e. The number of amides is 4. The summed E-state index contributed by atoms with van der Waals surface area (Å²) in [5.41, 5.74) is -1.10. The van der Waals surface area contributed by atoms with Gasteiger partial charge in [-0.05, 0) is 49.1 Å². The van der Waals surface area contributed by atoms with Crippen LogP contribution in [-0.2, 0) is 19.2 Å². The van der Waals surface area contributed by atoms with Crippen LogP contribution in [-0.4, -0.2) is 51.4 Å². The molecule has 4 aliphatic rings. The zero-order valence-electron chi connectivity index (χ0n) is 28.7. The number of hydrogen-bond donors (Lipinski definition) is 1. The molecule has 8 rings (SSSR count). The first-order valence-corrected chi connectivity index (χ1v) is 17.8. The van der Waals surface area contributed by atoms with Gasteiger partial charge in [-0.15, -0.1) is 23.2 Å². The smallest absolute Gasteiger partial charge is 0.258 e. The summed E-state index contributed by atoms with van der Waals surface area (Å²) in [6.45, 7) is 0. The van der Waals surface area contributed by atoms with Crippen LogP contribution in [0.25, 0.3) is 0 Å². The van der Waals surface area contributed by atoms with Gasteiger partial charge in [0.05, 0.1) is 24.6 Å². The number of rotatable bonds is 6. The third-order valence-electron chi connectivity index (χ3n) is 11.2. The maximum absolute atomic E-state index is 15.3. The van der Waals surface area contributed by atoms with Crippen molar-refractivity contribution in [2.75, 3.05) is 16.9 Å². The Kier molecular flexibility index (Phi) is 8.66. The quantitative estimate of drug-likeness (QED) is 0.0420. The molecule has 286 valence electrons. The molecule has 4 aromatic carbocycles. The molecule has 0 spiro atoms. The van der Waals surface area contributed by atoms with Crippen molar-refractivity contribution in [2.24, 2.45) is 17.8 Å². The van der Waals surface area contributed by atoms with Gasteiger partial charge in [-0.25, -0.2) is 26.9 Å².